The lowest BCUT2D eigenvalue weighted by atomic mass is 9.93. The van der Waals surface area contributed by atoms with E-state index in [9.17, 15) is 14.0 Å². The Morgan fingerprint density at radius 1 is 1.13 bits per heavy atom. The molecule has 0 bridgehead atoms. The Morgan fingerprint density at radius 2 is 1.83 bits per heavy atom. The van der Waals surface area contributed by atoms with Crippen molar-refractivity contribution < 1.29 is 14.0 Å². The summed E-state index contributed by atoms with van der Waals surface area (Å²) in [5.74, 6) is 0.0480. The first-order valence-electron chi connectivity index (χ1n) is 10.2. The Hall–Kier alpha value is -2.80. The topological polar surface area (TPSA) is 53.5 Å². The fraction of sp³-hybridized carbons (Fsp3) is 0.348. The number of aromatic nitrogens is 1. The van der Waals surface area contributed by atoms with Crippen LogP contribution in [0.3, 0.4) is 0 Å². The molecule has 5 nitrogen and oxygen atoms in total. The third-order valence-corrected chi connectivity index (χ3v) is 6.62. The van der Waals surface area contributed by atoms with Gasteiger partial charge in [0, 0.05) is 37.6 Å². The third kappa shape index (κ3) is 4.36. The number of rotatable bonds is 5. The van der Waals surface area contributed by atoms with Gasteiger partial charge in [0.25, 0.3) is 11.8 Å². The molecular formula is C23H24FN3O2S. The van der Waals surface area contributed by atoms with Gasteiger partial charge in [-0.15, -0.1) is 0 Å². The van der Waals surface area contributed by atoms with Crippen molar-refractivity contribution in [1.29, 1.82) is 0 Å². The molecule has 1 aromatic heterocycles. The van der Waals surface area contributed by atoms with Gasteiger partial charge in [-0.3, -0.25) is 9.59 Å². The van der Waals surface area contributed by atoms with Crippen molar-refractivity contribution in [3.05, 3.63) is 65.6 Å². The summed E-state index contributed by atoms with van der Waals surface area (Å²) in [7, 11) is 1.82. The van der Waals surface area contributed by atoms with Gasteiger partial charge < -0.3 is 9.80 Å². The average molecular weight is 426 g/mol. The van der Waals surface area contributed by atoms with E-state index in [4.69, 9.17) is 0 Å². The highest BCUT2D eigenvalue weighted by Gasteiger charge is 2.25. The van der Waals surface area contributed by atoms with Gasteiger partial charge in [-0.1, -0.05) is 18.2 Å². The molecule has 1 saturated heterocycles. The van der Waals surface area contributed by atoms with Crippen molar-refractivity contribution in [2.45, 2.75) is 19.3 Å². The van der Waals surface area contributed by atoms with Gasteiger partial charge in [-0.05, 0) is 67.0 Å². The van der Waals surface area contributed by atoms with Crippen LogP contribution in [0.25, 0.3) is 10.1 Å². The molecule has 0 atom stereocenters. The monoisotopic (exact) mass is 425 g/mol. The lowest BCUT2D eigenvalue weighted by molar-refractivity contribution is 0.0676. The number of fused-ring (bicyclic) bond motifs is 1. The van der Waals surface area contributed by atoms with Crippen molar-refractivity contribution in [1.82, 2.24) is 14.2 Å². The van der Waals surface area contributed by atoms with Crippen LogP contribution in [0.15, 0.2) is 48.5 Å². The van der Waals surface area contributed by atoms with Gasteiger partial charge in [0.1, 0.15) is 11.5 Å². The van der Waals surface area contributed by atoms with Crippen LogP contribution in [0, 0.1) is 11.7 Å². The van der Waals surface area contributed by atoms with E-state index in [0.29, 0.717) is 36.8 Å². The van der Waals surface area contributed by atoms with Crippen LogP contribution in [0.1, 0.15) is 40.1 Å². The van der Waals surface area contributed by atoms with Crippen molar-refractivity contribution in [2.75, 3.05) is 26.7 Å². The summed E-state index contributed by atoms with van der Waals surface area (Å²) >= 11 is 1.35. The minimum absolute atomic E-state index is 0.0450. The summed E-state index contributed by atoms with van der Waals surface area (Å²) in [5, 5.41) is 0.909. The molecule has 0 spiro atoms. The fourth-order valence-corrected chi connectivity index (χ4v) is 4.67. The SMILES string of the molecule is CN(CCC1CCN(C(=O)c2ccc(F)cc2)CC1)C(=O)c1nsc2ccccc12. The Labute approximate surface area is 179 Å². The van der Waals surface area contributed by atoms with E-state index in [1.165, 1.54) is 35.8 Å². The normalized spacial score (nSPS) is 14.8. The molecular weight excluding hydrogens is 401 g/mol. The van der Waals surface area contributed by atoms with E-state index >= 15 is 0 Å². The third-order valence-electron chi connectivity index (χ3n) is 5.79. The number of carbonyl (C=O) groups excluding carboxylic acids is 2. The van der Waals surface area contributed by atoms with Gasteiger partial charge in [0.05, 0.1) is 4.70 Å². The number of benzene rings is 2. The average Bonchev–Trinajstić information content (AvgIpc) is 3.21. The number of hydrogen-bond donors (Lipinski definition) is 0. The number of piperidine rings is 1. The minimum atomic E-state index is -0.338. The highest BCUT2D eigenvalue weighted by atomic mass is 32.1. The van der Waals surface area contributed by atoms with Crippen LogP contribution in [-0.4, -0.2) is 52.7 Å². The smallest absolute Gasteiger partial charge is 0.273 e. The second kappa shape index (κ2) is 8.92. The van der Waals surface area contributed by atoms with Gasteiger partial charge in [0.2, 0.25) is 0 Å². The predicted octanol–water partition coefficient (Wildman–Crippen LogP) is 4.45. The number of hydrogen-bond acceptors (Lipinski definition) is 4. The number of halogens is 1. The standard InChI is InChI=1S/C23H24FN3O2S/c1-26(23(29)21-19-4-2-3-5-20(19)30-25-21)13-10-16-11-14-27(15-12-16)22(28)17-6-8-18(24)9-7-17/h2-9,16H,10-15H2,1H3. The van der Waals surface area contributed by atoms with Gasteiger partial charge >= 0.3 is 0 Å². The Kier molecular flexibility index (Phi) is 6.08. The van der Waals surface area contributed by atoms with E-state index in [2.05, 4.69) is 4.37 Å². The van der Waals surface area contributed by atoms with Gasteiger partial charge in [0.15, 0.2) is 0 Å². The zero-order valence-corrected chi connectivity index (χ0v) is 17.7. The highest BCUT2D eigenvalue weighted by molar-refractivity contribution is 7.13. The van der Waals surface area contributed by atoms with E-state index < -0.39 is 0 Å². The Morgan fingerprint density at radius 3 is 2.57 bits per heavy atom. The second-order valence-electron chi connectivity index (χ2n) is 7.79. The molecule has 0 unspecified atom stereocenters. The number of amides is 2. The number of nitrogens with zero attached hydrogens (tertiary/aromatic N) is 3. The summed E-state index contributed by atoms with van der Waals surface area (Å²) < 4.78 is 18.4. The van der Waals surface area contributed by atoms with Crippen molar-refractivity contribution in [2.24, 2.45) is 5.92 Å². The summed E-state index contributed by atoms with van der Waals surface area (Å²) in [6.45, 7) is 2.05. The van der Waals surface area contributed by atoms with Crippen molar-refractivity contribution in [3.63, 3.8) is 0 Å². The van der Waals surface area contributed by atoms with Crippen LogP contribution in [0.4, 0.5) is 4.39 Å². The molecule has 0 aliphatic carbocycles. The van der Waals surface area contributed by atoms with Crippen LogP contribution < -0.4 is 0 Å². The zero-order valence-electron chi connectivity index (χ0n) is 16.9. The first-order chi connectivity index (χ1) is 14.5. The van der Waals surface area contributed by atoms with Crippen LogP contribution in [0.5, 0.6) is 0 Å². The lowest BCUT2D eigenvalue weighted by Crippen LogP contribution is -2.39. The van der Waals surface area contributed by atoms with Crippen molar-refractivity contribution in [3.8, 4) is 0 Å². The van der Waals surface area contributed by atoms with Gasteiger partial charge in [-0.25, -0.2) is 4.39 Å². The molecule has 0 radical (unpaired) electrons. The molecule has 2 heterocycles. The van der Waals surface area contributed by atoms with Crippen LogP contribution >= 0.6 is 11.5 Å². The number of carbonyl (C=O) groups is 2. The van der Waals surface area contributed by atoms with E-state index in [1.54, 1.807) is 4.90 Å². The summed E-state index contributed by atoms with van der Waals surface area (Å²) in [6, 6.07) is 13.5. The summed E-state index contributed by atoms with van der Waals surface area (Å²) in [4.78, 5) is 28.9. The quantitative estimate of drug-likeness (QED) is 0.607. The largest absolute Gasteiger partial charge is 0.340 e. The molecule has 1 aliphatic heterocycles. The first-order valence-corrected chi connectivity index (χ1v) is 10.9. The Balaban J connectivity index is 1.27. The molecule has 3 aromatic rings. The molecule has 1 aliphatic rings. The molecule has 2 aromatic carbocycles. The molecule has 4 rings (SSSR count). The molecule has 0 N–H and O–H groups in total. The van der Waals surface area contributed by atoms with E-state index in [1.807, 2.05) is 36.2 Å². The van der Waals surface area contributed by atoms with E-state index in [-0.39, 0.29) is 17.6 Å². The minimum Gasteiger partial charge on any atom is -0.340 e. The maximum Gasteiger partial charge on any atom is 0.273 e. The molecule has 156 valence electrons. The van der Waals surface area contributed by atoms with E-state index in [0.717, 1.165) is 29.3 Å². The number of likely N-dealkylation sites (tertiary alicyclic amines) is 1. The molecule has 7 heteroatoms. The second-order valence-corrected chi connectivity index (χ2v) is 8.59. The molecule has 2 amide bonds. The van der Waals surface area contributed by atoms with Gasteiger partial charge in [-0.2, -0.15) is 4.37 Å². The predicted molar refractivity (Wildman–Crippen MR) is 116 cm³/mol. The lowest BCUT2D eigenvalue weighted by Gasteiger charge is -2.32. The van der Waals surface area contributed by atoms with Crippen LogP contribution in [-0.2, 0) is 0 Å². The Bertz CT molecular complexity index is 1040. The maximum absolute atomic E-state index is 13.1. The first kappa shape index (κ1) is 20.5. The fourth-order valence-electron chi connectivity index (χ4n) is 3.90. The highest BCUT2D eigenvalue weighted by Crippen LogP contribution is 2.25. The maximum atomic E-state index is 13.1. The summed E-state index contributed by atoms with van der Waals surface area (Å²) in [6.07, 6.45) is 2.73. The van der Waals surface area contributed by atoms with Crippen molar-refractivity contribution >= 4 is 33.4 Å². The molecule has 30 heavy (non-hydrogen) atoms. The molecule has 1 fully saturated rings. The zero-order chi connectivity index (χ0) is 21.1. The summed E-state index contributed by atoms with van der Waals surface area (Å²) in [5.41, 5.74) is 1.05. The van der Waals surface area contributed by atoms with Crippen LogP contribution in [0.2, 0.25) is 0 Å². The molecule has 0 saturated carbocycles.